The summed E-state index contributed by atoms with van der Waals surface area (Å²) in [6.07, 6.45) is 3.25. The third-order valence-electron chi connectivity index (χ3n) is 4.51. The Balaban J connectivity index is 1.42. The summed E-state index contributed by atoms with van der Waals surface area (Å²) in [6, 6.07) is 23.5. The molecule has 4 rings (SSSR count). The van der Waals surface area contributed by atoms with Crippen LogP contribution in [0.15, 0.2) is 99.0 Å². The molecule has 0 radical (unpaired) electrons. The van der Waals surface area contributed by atoms with Gasteiger partial charge in [0.1, 0.15) is 11.3 Å². The maximum atomic E-state index is 12.2. The number of aromatic hydroxyl groups is 1. The van der Waals surface area contributed by atoms with E-state index in [4.69, 9.17) is 4.42 Å². The number of carbonyl (C=O) groups is 1. The van der Waals surface area contributed by atoms with Crippen LogP contribution in [0, 0.1) is 0 Å². The third-order valence-corrected chi connectivity index (χ3v) is 5.56. The van der Waals surface area contributed by atoms with Gasteiger partial charge in [-0.25, -0.2) is 4.79 Å². The van der Waals surface area contributed by atoms with E-state index in [1.54, 1.807) is 24.3 Å². The number of hydrogen-bond donors (Lipinski definition) is 2. The summed E-state index contributed by atoms with van der Waals surface area (Å²) in [5.74, 6) is 0.254. The molecule has 0 aliphatic rings. The van der Waals surface area contributed by atoms with Gasteiger partial charge in [0.15, 0.2) is 0 Å². The molecule has 154 valence electrons. The topological polar surface area (TPSA) is 79.5 Å². The van der Waals surface area contributed by atoms with E-state index in [0.29, 0.717) is 22.6 Å². The van der Waals surface area contributed by atoms with Crippen LogP contribution >= 0.6 is 11.8 Å². The lowest BCUT2D eigenvalue weighted by molar-refractivity contribution is -0.111. The van der Waals surface area contributed by atoms with Gasteiger partial charge < -0.3 is 14.8 Å². The smallest absolute Gasteiger partial charge is 0.340 e. The van der Waals surface area contributed by atoms with Crippen LogP contribution < -0.4 is 10.9 Å². The lowest BCUT2D eigenvalue weighted by Crippen LogP contribution is -2.07. The second-order valence-electron chi connectivity index (χ2n) is 6.83. The van der Waals surface area contributed by atoms with Crippen LogP contribution in [-0.2, 0) is 10.5 Å². The Morgan fingerprint density at radius 3 is 2.68 bits per heavy atom. The minimum atomic E-state index is -0.430. The van der Waals surface area contributed by atoms with Crippen molar-refractivity contribution in [3.8, 4) is 5.75 Å². The monoisotopic (exact) mass is 429 g/mol. The summed E-state index contributed by atoms with van der Waals surface area (Å²) in [5.41, 5.74) is 2.08. The number of amides is 1. The van der Waals surface area contributed by atoms with Gasteiger partial charge >= 0.3 is 5.63 Å². The molecule has 31 heavy (non-hydrogen) atoms. The van der Waals surface area contributed by atoms with Crippen LogP contribution in [-0.4, -0.2) is 11.0 Å². The fraction of sp³-hybridized carbons (Fsp3) is 0.0400. The zero-order valence-corrected chi connectivity index (χ0v) is 17.3. The van der Waals surface area contributed by atoms with E-state index in [-0.39, 0.29) is 11.7 Å². The van der Waals surface area contributed by atoms with E-state index in [0.717, 1.165) is 15.8 Å². The number of benzene rings is 3. The highest BCUT2D eigenvalue weighted by atomic mass is 32.2. The van der Waals surface area contributed by atoms with Crippen LogP contribution in [0.25, 0.3) is 17.0 Å². The summed E-state index contributed by atoms with van der Waals surface area (Å²) < 4.78 is 5.31. The van der Waals surface area contributed by atoms with E-state index >= 15 is 0 Å². The normalized spacial score (nSPS) is 11.1. The standard InChI is InChI=1S/C25H19NO4S/c27-21-11-10-18-13-19(25(29)30-23(18)15-21)16-31-22-8-4-7-20(14-22)26-24(28)12-9-17-5-2-1-3-6-17/h1-15,27H,16H2,(H,26,28)/b12-9+. The van der Waals surface area contributed by atoms with Gasteiger partial charge in [-0.3, -0.25) is 4.79 Å². The number of fused-ring (bicyclic) bond motifs is 1. The lowest BCUT2D eigenvalue weighted by Gasteiger charge is -2.06. The molecular formula is C25H19NO4S. The van der Waals surface area contributed by atoms with Crippen molar-refractivity contribution in [1.29, 1.82) is 0 Å². The first kappa shape index (κ1) is 20.5. The molecule has 0 aliphatic carbocycles. The minimum Gasteiger partial charge on any atom is -0.508 e. The number of nitrogens with one attached hydrogen (secondary N) is 1. The Labute approximate surface area is 183 Å². The maximum absolute atomic E-state index is 12.2. The zero-order chi connectivity index (χ0) is 21.6. The van der Waals surface area contributed by atoms with Gasteiger partial charge in [-0.05, 0) is 48.0 Å². The molecule has 6 heteroatoms. The molecule has 1 aromatic heterocycles. The van der Waals surface area contributed by atoms with Gasteiger partial charge in [-0.15, -0.1) is 11.8 Å². The summed E-state index contributed by atoms with van der Waals surface area (Å²) in [4.78, 5) is 25.3. The second kappa shape index (κ2) is 9.36. The highest BCUT2D eigenvalue weighted by Crippen LogP contribution is 2.26. The number of carbonyl (C=O) groups excluding carboxylic acids is 1. The van der Waals surface area contributed by atoms with Crippen molar-refractivity contribution in [2.75, 3.05) is 5.32 Å². The van der Waals surface area contributed by atoms with Gasteiger partial charge in [-0.1, -0.05) is 36.4 Å². The second-order valence-corrected chi connectivity index (χ2v) is 7.88. The van der Waals surface area contributed by atoms with Crippen LogP contribution in [0.3, 0.4) is 0 Å². The van der Waals surface area contributed by atoms with Crippen LogP contribution in [0.1, 0.15) is 11.1 Å². The molecule has 0 unspecified atom stereocenters. The molecule has 3 aromatic carbocycles. The Kier molecular flexibility index (Phi) is 6.19. The van der Waals surface area contributed by atoms with Crippen molar-refractivity contribution in [2.45, 2.75) is 10.6 Å². The molecule has 0 saturated carbocycles. The number of hydrogen-bond acceptors (Lipinski definition) is 5. The van der Waals surface area contributed by atoms with Gasteiger partial charge in [0.25, 0.3) is 0 Å². The quantitative estimate of drug-likeness (QED) is 0.242. The Bertz CT molecular complexity index is 1310. The first-order valence-electron chi connectivity index (χ1n) is 9.59. The SMILES string of the molecule is O=C(/C=C/c1ccccc1)Nc1cccc(SCc2cc3ccc(O)cc3oc2=O)c1. The van der Waals surface area contributed by atoms with E-state index in [1.807, 2.05) is 54.6 Å². The fourth-order valence-corrected chi connectivity index (χ4v) is 3.90. The number of thioether (sulfide) groups is 1. The van der Waals surface area contributed by atoms with Crippen LogP contribution in [0.5, 0.6) is 5.75 Å². The average Bonchev–Trinajstić information content (AvgIpc) is 2.77. The number of phenolic OH excluding ortho intramolecular Hbond substituents is 1. The minimum absolute atomic E-state index is 0.0512. The largest absolute Gasteiger partial charge is 0.508 e. The predicted octanol–water partition coefficient (Wildman–Crippen LogP) is 5.44. The fourth-order valence-electron chi connectivity index (χ4n) is 2.99. The molecule has 2 N–H and O–H groups in total. The highest BCUT2D eigenvalue weighted by Gasteiger charge is 2.08. The van der Waals surface area contributed by atoms with Gasteiger partial charge in [-0.2, -0.15) is 0 Å². The first-order valence-corrected chi connectivity index (χ1v) is 10.6. The molecule has 1 amide bonds. The van der Waals surface area contributed by atoms with E-state index in [9.17, 15) is 14.7 Å². The van der Waals surface area contributed by atoms with E-state index in [1.165, 1.54) is 23.9 Å². The third kappa shape index (κ3) is 5.43. The number of phenols is 1. The van der Waals surface area contributed by atoms with Crippen molar-refractivity contribution in [3.63, 3.8) is 0 Å². The molecular weight excluding hydrogens is 410 g/mol. The summed E-state index contributed by atoms with van der Waals surface area (Å²) in [6.45, 7) is 0. The van der Waals surface area contributed by atoms with Crippen LogP contribution in [0.2, 0.25) is 0 Å². The lowest BCUT2D eigenvalue weighted by atomic mass is 10.2. The summed E-state index contributed by atoms with van der Waals surface area (Å²) in [7, 11) is 0. The van der Waals surface area contributed by atoms with Gasteiger partial charge in [0.2, 0.25) is 5.91 Å². The molecule has 5 nitrogen and oxygen atoms in total. The van der Waals surface area contributed by atoms with Crippen molar-refractivity contribution >= 4 is 40.4 Å². The molecule has 0 fully saturated rings. The number of rotatable bonds is 6. The molecule has 0 atom stereocenters. The van der Waals surface area contributed by atoms with Crippen molar-refractivity contribution < 1.29 is 14.3 Å². The van der Waals surface area contributed by atoms with Crippen molar-refractivity contribution in [1.82, 2.24) is 0 Å². The molecule has 1 heterocycles. The van der Waals surface area contributed by atoms with E-state index < -0.39 is 5.63 Å². The van der Waals surface area contributed by atoms with Crippen LogP contribution in [0.4, 0.5) is 5.69 Å². The Morgan fingerprint density at radius 2 is 1.84 bits per heavy atom. The molecule has 0 spiro atoms. The van der Waals surface area contributed by atoms with Crippen molar-refractivity contribution in [2.24, 2.45) is 0 Å². The number of anilines is 1. The molecule has 4 aromatic rings. The van der Waals surface area contributed by atoms with Crippen molar-refractivity contribution in [3.05, 3.63) is 106 Å². The van der Waals surface area contributed by atoms with Gasteiger partial charge in [0, 0.05) is 39.4 Å². The summed E-state index contributed by atoms with van der Waals surface area (Å²) in [5, 5.41) is 13.1. The predicted molar refractivity (Wildman–Crippen MR) is 124 cm³/mol. The Hall–Kier alpha value is -3.77. The molecule has 0 bridgehead atoms. The van der Waals surface area contributed by atoms with E-state index in [2.05, 4.69) is 5.32 Å². The molecule has 0 aliphatic heterocycles. The average molecular weight is 429 g/mol. The zero-order valence-electron chi connectivity index (χ0n) is 16.4. The summed E-state index contributed by atoms with van der Waals surface area (Å²) >= 11 is 1.47. The maximum Gasteiger partial charge on any atom is 0.340 e. The van der Waals surface area contributed by atoms with Gasteiger partial charge in [0.05, 0.1) is 0 Å². The Morgan fingerprint density at radius 1 is 1.00 bits per heavy atom. The highest BCUT2D eigenvalue weighted by molar-refractivity contribution is 7.98. The molecule has 0 saturated heterocycles. The first-order chi connectivity index (χ1) is 15.1.